The molecule has 2 atom stereocenters. The number of fused-ring (bicyclic) bond motifs is 1. The average Bonchev–Trinajstić information content (AvgIpc) is 3.15. The number of oxazole rings is 1. The van der Waals surface area contributed by atoms with Gasteiger partial charge >= 0.3 is 0 Å². The lowest BCUT2D eigenvalue weighted by molar-refractivity contribution is -0.140. The molecule has 0 unspecified atom stereocenters. The summed E-state index contributed by atoms with van der Waals surface area (Å²) in [5.41, 5.74) is 0.210. The van der Waals surface area contributed by atoms with E-state index in [1.165, 1.54) is 23.3 Å². The molecule has 0 bridgehead atoms. The fourth-order valence-corrected chi connectivity index (χ4v) is 5.53. The molecule has 9 nitrogen and oxygen atoms in total. The molecular weight excluding hydrogens is 350 g/mol. The van der Waals surface area contributed by atoms with Crippen LogP contribution in [0.3, 0.4) is 0 Å². The largest absolute Gasteiger partial charge is 0.448 e. The Morgan fingerprint density at radius 3 is 2.56 bits per heavy atom. The molecule has 2 fully saturated rings. The maximum atomic E-state index is 12.9. The van der Waals surface area contributed by atoms with E-state index in [-0.39, 0.29) is 48.7 Å². The van der Waals surface area contributed by atoms with Crippen molar-refractivity contribution in [1.29, 1.82) is 0 Å². The molecule has 138 valence electrons. The number of piperazine rings is 1. The number of ether oxygens (including phenoxy) is 1. The third-order valence-corrected chi connectivity index (χ3v) is 6.39. The molecule has 0 radical (unpaired) electrons. The van der Waals surface area contributed by atoms with Crippen molar-refractivity contribution in [3.63, 3.8) is 0 Å². The molecule has 0 aromatic carbocycles. The molecule has 0 spiro atoms. The van der Waals surface area contributed by atoms with E-state index < -0.39 is 21.9 Å². The Kier molecular flexibility index (Phi) is 4.83. The molecule has 2 aliphatic heterocycles. The van der Waals surface area contributed by atoms with Crippen LogP contribution in [0.25, 0.3) is 0 Å². The standard InChI is InChI=1S/C15H21N3O6S/c1-3-12-14(16-9-24-12)15(20)18-5-4-17(13(19)6-23-2)10-7-25(21,22)8-11(10)18/h9-11H,3-8H2,1-2H3/t10-,11+/m1/s1. The van der Waals surface area contributed by atoms with Crippen molar-refractivity contribution < 1.29 is 27.2 Å². The number of nitrogens with zero attached hydrogens (tertiary/aromatic N) is 3. The zero-order chi connectivity index (χ0) is 18.2. The van der Waals surface area contributed by atoms with Gasteiger partial charge in [-0.2, -0.15) is 0 Å². The van der Waals surface area contributed by atoms with Crippen LogP contribution in [0.1, 0.15) is 23.2 Å². The first-order valence-electron chi connectivity index (χ1n) is 8.10. The minimum absolute atomic E-state index is 0.111. The van der Waals surface area contributed by atoms with Gasteiger partial charge in [-0.1, -0.05) is 6.92 Å². The molecular formula is C15H21N3O6S. The second kappa shape index (κ2) is 6.75. The third kappa shape index (κ3) is 3.28. The normalized spacial score (nSPS) is 25.0. The number of aryl methyl sites for hydroxylation is 1. The highest BCUT2D eigenvalue weighted by atomic mass is 32.2. The van der Waals surface area contributed by atoms with Crippen LogP contribution < -0.4 is 0 Å². The summed E-state index contributed by atoms with van der Waals surface area (Å²) in [6.07, 6.45) is 1.73. The van der Waals surface area contributed by atoms with Gasteiger partial charge in [-0.25, -0.2) is 13.4 Å². The SMILES string of the molecule is CCc1ocnc1C(=O)N1CCN(C(=O)COC)[C@@H]2CS(=O)(=O)C[C@@H]21. The molecule has 25 heavy (non-hydrogen) atoms. The van der Waals surface area contributed by atoms with Crippen molar-refractivity contribution in [3.05, 3.63) is 17.8 Å². The molecule has 2 saturated heterocycles. The van der Waals surface area contributed by atoms with Crippen LogP contribution in [0.5, 0.6) is 0 Å². The van der Waals surface area contributed by atoms with Crippen molar-refractivity contribution >= 4 is 21.7 Å². The first-order chi connectivity index (χ1) is 11.9. The Labute approximate surface area is 145 Å². The third-order valence-electron chi connectivity index (χ3n) is 4.69. The molecule has 3 rings (SSSR count). The summed E-state index contributed by atoms with van der Waals surface area (Å²) in [6, 6.07) is -1.13. The van der Waals surface area contributed by atoms with E-state index in [1.807, 2.05) is 6.92 Å². The first kappa shape index (κ1) is 17.9. The van der Waals surface area contributed by atoms with Gasteiger partial charge in [-0.15, -0.1) is 0 Å². The zero-order valence-corrected chi connectivity index (χ0v) is 15.0. The smallest absolute Gasteiger partial charge is 0.276 e. The van der Waals surface area contributed by atoms with Crippen molar-refractivity contribution in [2.24, 2.45) is 0 Å². The van der Waals surface area contributed by atoms with Crippen molar-refractivity contribution in [3.8, 4) is 0 Å². The highest BCUT2D eigenvalue weighted by molar-refractivity contribution is 7.91. The van der Waals surface area contributed by atoms with Crippen LogP contribution in [0.2, 0.25) is 0 Å². The van der Waals surface area contributed by atoms with Gasteiger partial charge in [0.1, 0.15) is 12.4 Å². The molecule has 3 heterocycles. The predicted molar refractivity (Wildman–Crippen MR) is 86.7 cm³/mol. The number of sulfone groups is 1. The Balaban J connectivity index is 1.88. The number of rotatable bonds is 4. The maximum absolute atomic E-state index is 12.9. The number of amides is 2. The molecule has 1 aromatic rings. The van der Waals surface area contributed by atoms with Gasteiger partial charge in [0, 0.05) is 26.6 Å². The van der Waals surface area contributed by atoms with E-state index in [0.717, 1.165) is 0 Å². The van der Waals surface area contributed by atoms with Crippen LogP contribution in [0, 0.1) is 0 Å². The second-order valence-electron chi connectivity index (χ2n) is 6.21. The number of methoxy groups -OCH3 is 1. The Morgan fingerprint density at radius 1 is 1.28 bits per heavy atom. The second-order valence-corrected chi connectivity index (χ2v) is 8.36. The van der Waals surface area contributed by atoms with Crippen LogP contribution in [-0.4, -0.2) is 85.4 Å². The van der Waals surface area contributed by atoms with Gasteiger partial charge in [0.15, 0.2) is 21.9 Å². The average molecular weight is 371 g/mol. The molecule has 1 aromatic heterocycles. The van der Waals surface area contributed by atoms with E-state index in [9.17, 15) is 18.0 Å². The summed E-state index contributed by atoms with van der Waals surface area (Å²) in [7, 11) is -1.92. The monoisotopic (exact) mass is 371 g/mol. The lowest BCUT2D eigenvalue weighted by Gasteiger charge is -2.43. The van der Waals surface area contributed by atoms with Gasteiger partial charge in [-0.3, -0.25) is 9.59 Å². The molecule has 0 N–H and O–H groups in total. The van der Waals surface area contributed by atoms with Gasteiger partial charge < -0.3 is 19.0 Å². The van der Waals surface area contributed by atoms with Crippen LogP contribution >= 0.6 is 0 Å². The van der Waals surface area contributed by atoms with Crippen LogP contribution in [0.4, 0.5) is 0 Å². The quantitative estimate of drug-likeness (QED) is 0.690. The summed E-state index contributed by atoms with van der Waals surface area (Å²) < 4.78 is 34.4. The number of carbonyl (C=O) groups is 2. The van der Waals surface area contributed by atoms with E-state index in [2.05, 4.69) is 4.98 Å². The Hall–Kier alpha value is -1.94. The maximum Gasteiger partial charge on any atom is 0.276 e. The molecule has 2 aliphatic rings. The molecule has 10 heteroatoms. The van der Waals surface area contributed by atoms with Crippen molar-refractivity contribution in [2.45, 2.75) is 25.4 Å². The van der Waals surface area contributed by atoms with Crippen LogP contribution in [-0.2, 0) is 25.8 Å². The molecule has 2 amide bonds. The van der Waals surface area contributed by atoms with Crippen LogP contribution in [0.15, 0.2) is 10.8 Å². The van der Waals surface area contributed by atoms with E-state index in [1.54, 1.807) is 0 Å². The van der Waals surface area contributed by atoms with Gasteiger partial charge in [-0.05, 0) is 0 Å². The highest BCUT2D eigenvalue weighted by Gasteiger charge is 2.49. The summed E-state index contributed by atoms with van der Waals surface area (Å²) in [5.74, 6) is -0.440. The highest BCUT2D eigenvalue weighted by Crippen LogP contribution is 2.28. The number of aromatic nitrogens is 1. The first-order valence-corrected chi connectivity index (χ1v) is 9.92. The predicted octanol–water partition coefficient (Wildman–Crippen LogP) is -0.667. The minimum atomic E-state index is -3.33. The summed E-state index contributed by atoms with van der Waals surface area (Å²) >= 11 is 0. The van der Waals surface area contributed by atoms with Gasteiger partial charge in [0.25, 0.3) is 5.91 Å². The van der Waals surface area contributed by atoms with Crippen molar-refractivity contribution in [2.75, 3.05) is 38.3 Å². The number of hydrogen-bond acceptors (Lipinski definition) is 7. The van der Waals surface area contributed by atoms with E-state index in [4.69, 9.17) is 9.15 Å². The Morgan fingerprint density at radius 2 is 1.92 bits per heavy atom. The molecule has 0 aliphatic carbocycles. The summed E-state index contributed by atoms with van der Waals surface area (Å²) in [6.45, 7) is 2.26. The van der Waals surface area contributed by atoms with Gasteiger partial charge in [0.05, 0.1) is 23.6 Å². The molecule has 0 saturated carbocycles. The number of hydrogen-bond donors (Lipinski definition) is 0. The minimum Gasteiger partial charge on any atom is -0.448 e. The lowest BCUT2D eigenvalue weighted by atomic mass is 10.0. The van der Waals surface area contributed by atoms with E-state index >= 15 is 0 Å². The Bertz CT molecular complexity index is 774. The number of carbonyl (C=O) groups excluding carboxylic acids is 2. The summed E-state index contributed by atoms with van der Waals surface area (Å²) in [5, 5.41) is 0. The lowest BCUT2D eigenvalue weighted by Crippen LogP contribution is -2.62. The van der Waals surface area contributed by atoms with Gasteiger partial charge in [0.2, 0.25) is 5.91 Å². The fraction of sp³-hybridized carbons (Fsp3) is 0.667. The summed E-state index contributed by atoms with van der Waals surface area (Å²) in [4.78, 5) is 32.1. The zero-order valence-electron chi connectivity index (χ0n) is 14.2. The van der Waals surface area contributed by atoms with Crippen molar-refractivity contribution in [1.82, 2.24) is 14.8 Å². The van der Waals surface area contributed by atoms with E-state index in [0.29, 0.717) is 12.2 Å². The fourth-order valence-electron chi connectivity index (χ4n) is 3.55. The topological polar surface area (TPSA) is 110 Å².